The number of carbonyl (C=O) groups is 1. The highest BCUT2D eigenvalue weighted by Gasteiger charge is 2.23. The molecule has 0 atom stereocenters. The van der Waals surface area contributed by atoms with Gasteiger partial charge in [0.05, 0.1) is 12.5 Å². The van der Waals surface area contributed by atoms with Crippen LogP contribution < -0.4 is 10.2 Å². The molecule has 4 rings (SSSR count). The zero-order chi connectivity index (χ0) is 19.7. The summed E-state index contributed by atoms with van der Waals surface area (Å²) in [4.78, 5) is 26.3. The molecule has 4 aromatic rings. The van der Waals surface area contributed by atoms with Crippen LogP contribution in [0.5, 0.6) is 11.5 Å². The van der Waals surface area contributed by atoms with Gasteiger partial charge in [0, 0.05) is 11.1 Å². The molecule has 0 unspecified atom stereocenters. The first-order valence-electron chi connectivity index (χ1n) is 8.62. The number of phenolic OH excluding ortho intramolecular Hbond substituents is 1. The number of rotatable bonds is 4. The van der Waals surface area contributed by atoms with Gasteiger partial charge in [-0.25, -0.2) is 0 Å². The highest BCUT2D eigenvalue weighted by molar-refractivity contribution is 6.13. The minimum atomic E-state index is -0.467. The number of carbonyl (C=O) groups excluding carboxylic acids is 1. The molecule has 28 heavy (non-hydrogen) atoms. The monoisotopic (exact) mass is 372 g/mol. The number of aromatic hydroxyl groups is 1. The van der Waals surface area contributed by atoms with Gasteiger partial charge in [-0.1, -0.05) is 12.1 Å². The van der Waals surface area contributed by atoms with E-state index in [2.05, 4.69) is 0 Å². The summed E-state index contributed by atoms with van der Waals surface area (Å²) in [5.41, 5.74) is 0.835. The third-order valence-electron chi connectivity index (χ3n) is 4.51. The van der Waals surface area contributed by atoms with Crippen LogP contribution in [0.3, 0.4) is 0 Å². The Balaban J connectivity index is 1.99. The van der Waals surface area contributed by atoms with Crippen LogP contribution in [0.15, 0.2) is 82.0 Å². The van der Waals surface area contributed by atoms with Gasteiger partial charge in [0.1, 0.15) is 28.4 Å². The normalized spacial score (nSPS) is 10.8. The van der Waals surface area contributed by atoms with Crippen LogP contribution in [0.1, 0.15) is 15.9 Å². The molecule has 3 aromatic carbocycles. The molecular formula is C23H16O5. The lowest BCUT2D eigenvalue weighted by Gasteiger charge is -2.10. The maximum Gasteiger partial charge on any atom is 0.204 e. The third kappa shape index (κ3) is 3.03. The molecule has 0 aliphatic rings. The largest absolute Gasteiger partial charge is 0.508 e. The smallest absolute Gasteiger partial charge is 0.204 e. The molecule has 0 saturated carbocycles. The summed E-state index contributed by atoms with van der Waals surface area (Å²) in [6.45, 7) is 0. The van der Waals surface area contributed by atoms with Crippen molar-refractivity contribution in [2.24, 2.45) is 0 Å². The van der Waals surface area contributed by atoms with Crippen molar-refractivity contribution in [3.8, 4) is 22.8 Å². The van der Waals surface area contributed by atoms with Crippen LogP contribution in [0.4, 0.5) is 0 Å². The first-order valence-corrected chi connectivity index (χ1v) is 8.62. The van der Waals surface area contributed by atoms with Gasteiger partial charge in [-0.05, 0) is 60.7 Å². The maximum atomic E-state index is 13.2. The van der Waals surface area contributed by atoms with Crippen LogP contribution >= 0.6 is 0 Å². The van der Waals surface area contributed by atoms with Crippen LogP contribution in [0, 0.1) is 0 Å². The molecule has 0 aliphatic heterocycles. The molecule has 0 radical (unpaired) electrons. The molecule has 1 N–H and O–H groups in total. The number of ketones is 1. The number of methoxy groups -OCH3 is 1. The van der Waals surface area contributed by atoms with E-state index < -0.39 is 11.2 Å². The predicted molar refractivity (Wildman–Crippen MR) is 106 cm³/mol. The van der Waals surface area contributed by atoms with Crippen molar-refractivity contribution in [1.82, 2.24) is 0 Å². The summed E-state index contributed by atoms with van der Waals surface area (Å²) in [5.74, 6) is 0.422. The Morgan fingerprint density at radius 2 is 1.61 bits per heavy atom. The number of benzene rings is 3. The van der Waals surface area contributed by atoms with Crippen molar-refractivity contribution in [3.05, 3.63) is 94.1 Å². The molecule has 138 valence electrons. The Hall–Kier alpha value is -3.86. The van der Waals surface area contributed by atoms with Crippen molar-refractivity contribution in [2.75, 3.05) is 7.11 Å². The standard InChI is InChI=1S/C23H16O5/c1-27-17-12-8-15(9-13-17)23-20(21(25)14-6-10-16(24)11-7-14)22(26)18-4-2-3-5-19(18)28-23/h2-13,24H,1H3. The summed E-state index contributed by atoms with van der Waals surface area (Å²) in [7, 11) is 1.56. The van der Waals surface area contributed by atoms with E-state index >= 15 is 0 Å². The molecule has 0 spiro atoms. The van der Waals surface area contributed by atoms with Crippen LogP contribution in [-0.2, 0) is 0 Å². The predicted octanol–water partition coefficient (Wildman–Crippen LogP) is 4.41. The molecule has 5 nitrogen and oxygen atoms in total. The summed E-state index contributed by atoms with van der Waals surface area (Å²) in [6, 6.07) is 19.5. The molecule has 1 aromatic heterocycles. The molecule has 1 heterocycles. The molecule has 0 fully saturated rings. The topological polar surface area (TPSA) is 76.7 Å². The average Bonchev–Trinajstić information content (AvgIpc) is 2.74. The van der Waals surface area contributed by atoms with Crippen molar-refractivity contribution in [3.63, 3.8) is 0 Å². The number of ether oxygens (including phenoxy) is 1. The summed E-state index contributed by atoms with van der Waals surface area (Å²) < 4.78 is 11.2. The van der Waals surface area contributed by atoms with Gasteiger partial charge in [-0.3, -0.25) is 9.59 Å². The Kier molecular flexibility index (Phi) is 4.41. The van der Waals surface area contributed by atoms with E-state index in [1.165, 1.54) is 24.3 Å². The Morgan fingerprint density at radius 3 is 2.29 bits per heavy atom. The second kappa shape index (κ2) is 7.04. The molecule has 0 saturated heterocycles. The summed E-state index contributed by atoms with van der Waals surface area (Å²) in [5, 5.41) is 9.82. The summed E-state index contributed by atoms with van der Waals surface area (Å²) in [6.07, 6.45) is 0. The quantitative estimate of drug-likeness (QED) is 0.537. The van der Waals surface area contributed by atoms with Crippen molar-refractivity contribution in [1.29, 1.82) is 0 Å². The van der Waals surface area contributed by atoms with E-state index in [1.54, 1.807) is 55.6 Å². The molecule has 0 bridgehead atoms. The van der Waals surface area contributed by atoms with E-state index in [4.69, 9.17) is 9.15 Å². The van der Waals surface area contributed by atoms with Crippen LogP contribution in [-0.4, -0.2) is 18.0 Å². The zero-order valence-electron chi connectivity index (χ0n) is 15.0. The highest BCUT2D eigenvalue weighted by Crippen LogP contribution is 2.29. The van der Waals surface area contributed by atoms with Gasteiger partial charge < -0.3 is 14.3 Å². The van der Waals surface area contributed by atoms with Crippen molar-refractivity contribution < 1.29 is 19.1 Å². The van der Waals surface area contributed by atoms with Crippen LogP contribution in [0.25, 0.3) is 22.3 Å². The Labute approximate surface area is 160 Å². The van der Waals surface area contributed by atoms with Crippen molar-refractivity contribution >= 4 is 16.8 Å². The van der Waals surface area contributed by atoms with Gasteiger partial charge in [-0.15, -0.1) is 0 Å². The number of para-hydroxylation sites is 1. The van der Waals surface area contributed by atoms with E-state index in [0.717, 1.165) is 0 Å². The van der Waals surface area contributed by atoms with Gasteiger partial charge in [0.15, 0.2) is 0 Å². The van der Waals surface area contributed by atoms with Gasteiger partial charge >= 0.3 is 0 Å². The summed E-state index contributed by atoms with van der Waals surface area (Å²) >= 11 is 0. The fourth-order valence-electron chi connectivity index (χ4n) is 3.05. The van der Waals surface area contributed by atoms with E-state index in [-0.39, 0.29) is 22.6 Å². The SMILES string of the molecule is COc1ccc(-c2oc3ccccc3c(=O)c2C(=O)c2ccc(O)cc2)cc1. The van der Waals surface area contributed by atoms with Crippen LogP contribution in [0.2, 0.25) is 0 Å². The average molecular weight is 372 g/mol. The molecule has 0 aliphatic carbocycles. The van der Waals surface area contributed by atoms with E-state index in [0.29, 0.717) is 22.3 Å². The number of fused-ring (bicyclic) bond motifs is 1. The molecule has 0 amide bonds. The Morgan fingerprint density at radius 1 is 0.929 bits per heavy atom. The number of hydrogen-bond donors (Lipinski definition) is 1. The lowest BCUT2D eigenvalue weighted by Crippen LogP contribution is -2.18. The highest BCUT2D eigenvalue weighted by atomic mass is 16.5. The van der Waals surface area contributed by atoms with E-state index in [1.807, 2.05) is 0 Å². The minimum Gasteiger partial charge on any atom is -0.508 e. The molecule has 5 heteroatoms. The maximum absolute atomic E-state index is 13.2. The fourth-order valence-corrected chi connectivity index (χ4v) is 3.05. The minimum absolute atomic E-state index is 0.0393. The second-order valence-electron chi connectivity index (χ2n) is 6.24. The fraction of sp³-hybridized carbons (Fsp3) is 0.0435. The third-order valence-corrected chi connectivity index (χ3v) is 4.51. The zero-order valence-corrected chi connectivity index (χ0v) is 15.0. The second-order valence-corrected chi connectivity index (χ2v) is 6.24. The number of hydrogen-bond acceptors (Lipinski definition) is 5. The first kappa shape index (κ1) is 17.5. The molecular weight excluding hydrogens is 356 g/mol. The van der Waals surface area contributed by atoms with Gasteiger partial charge in [0.25, 0.3) is 0 Å². The lowest BCUT2D eigenvalue weighted by molar-refractivity contribution is 0.103. The van der Waals surface area contributed by atoms with Gasteiger partial charge in [0.2, 0.25) is 11.2 Å². The number of phenols is 1. The van der Waals surface area contributed by atoms with Crippen molar-refractivity contribution in [2.45, 2.75) is 0 Å². The lowest BCUT2D eigenvalue weighted by atomic mass is 9.97. The van der Waals surface area contributed by atoms with Gasteiger partial charge in [-0.2, -0.15) is 0 Å². The van der Waals surface area contributed by atoms with E-state index in [9.17, 15) is 14.7 Å². The Bertz CT molecular complexity index is 1220. The first-order chi connectivity index (χ1) is 13.6.